The highest BCUT2D eigenvalue weighted by atomic mass is 32.1. The summed E-state index contributed by atoms with van der Waals surface area (Å²) in [6.45, 7) is 2.78. The van der Waals surface area contributed by atoms with Crippen LogP contribution >= 0.6 is 11.3 Å². The van der Waals surface area contributed by atoms with E-state index in [1.54, 1.807) is 11.3 Å². The number of hydrogen-bond donors (Lipinski definition) is 2. The van der Waals surface area contributed by atoms with Crippen LogP contribution in [-0.4, -0.2) is 25.2 Å². The Balaban J connectivity index is 2.41. The molecule has 0 aromatic carbocycles. The van der Waals surface area contributed by atoms with Gasteiger partial charge >= 0.3 is 6.18 Å². The van der Waals surface area contributed by atoms with E-state index in [4.69, 9.17) is 0 Å². The van der Waals surface area contributed by atoms with Gasteiger partial charge in [0.05, 0.1) is 13.0 Å². The second-order valence-corrected chi connectivity index (χ2v) is 4.60. The van der Waals surface area contributed by atoms with E-state index in [0.29, 0.717) is 19.0 Å². The molecule has 0 saturated heterocycles. The Labute approximate surface area is 108 Å². The van der Waals surface area contributed by atoms with Crippen LogP contribution in [0.2, 0.25) is 0 Å². The highest BCUT2D eigenvalue weighted by Crippen LogP contribution is 2.18. The second-order valence-electron chi connectivity index (χ2n) is 3.57. The number of halogens is 3. The Morgan fingerprint density at radius 3 is 2.72 bits per heavy atom. The fourth-order valence-corrected chi connectivity index (χ4v) is 1.85. The Morgan fingerprint density at radius 2 is 2.17 bits per heavy atom. The molecule has 0 aliphatic rings. The van der Waals surface area contributed by atoms with Gasteiger partial charge in [0.25, 0.3) is 0 Å². The van der Waals surface area contributed by atoms with Gasteiger partial charge in [-0.15, -0.1) is 11.3 Å². The number of nitrogens with one attached hydrogen (secondary N) is 2. The zero-order valence-electron chi connectivity index (χ0n) is 10.0. The molecule has 18 heavy (non-hydrogen) atoms. The Kier molecular flexibility index (Phi) is 5.97. The van der Waals surface area contributed by atoms with Crippen LogP contribution in [-0.2, 0) is 6.54 Å². The maximum atomic E-state index is 12.0. The molecule has 0 spiro atoms. The molecule has 1 rings (SSSR count). The van der Waals surface area contributed by atoms with Gasteiger partial charge in [0, 0.05) is 18.0 Å². The van der Waals surface area contributed by atoms with Crippen molar-refractivity contribution in [2.45, 2.75) is 26.1 Å². The molecule has 0 unspecified atom stereocenters. The van der Waals surface area contributed by atoms with Crippen LogP contribution in [0.25, 0.3) is 0 Å². The monoisotopic (exact) mass is 279 g/mol. The number of alkyl halides is 3. The van der Waals surface area contributed by atoms with Crippen LogP contribution in [0.4, 0.5) is 13.2 Å². The summed E-state index contributed by atoms with van der Waals surface area (Å²) < 4.78 is 36.0. The Bertz CT molecular complexity index is 360. The first kappa shape index (κ1) is 14.8. The minimum Gasteiger partial charge on any atom is -0.357 e. The van der Waals surface area contributed by atoms with Crippen molar-refractivity contribution in [3.8, 4) is 0 Å². The van der Waals surface area contributed by atoms with Gasteiger partial charge in [-0.05, 0) is 18.4 Å². The number of nitrogens with zero attached hydrogens (tertiary/aromatic N) is 1. The predicted molar refractivity (Wildman–Crippen MR) is 67.8 cm³/mol. The summed E-state index contributed by atoms with van der Waals surface area (Å²) in [5.74, 6) is 0.412. The van der Waals surface area contributed by atoms with E-state index in [1.165, 1.54) is 0 Å². The number of hydrogen-bond acceptors (Lipinski definition) is 2. The molecule has 0 amide bonds. The summed E-state index contributed by atoms with van der Waals surface area (Å²) in [6.07, 6.45) is -5.01. The average Bonchev–Trinajstić information content (AvgIpc) is 2.77. The number of thiophene rings is 1. The van der Waals surface area contributed by atoms with E-state index in [2.05, 4.69) is 15.6 Å². The van der Waals surface area contributed by atoms with Gasteiger partial charge in [0.1, 0.15) is 0 Å². The Hall–Kier alpha value is -1.24. The molecule has 0 aliphatic heterocycles. The average molecular weight is 279 g/mol. The van der Waals surface area contributed by atoms with Crippen LogP contribution in [0, 0.1) is 0 Å². The summed E-state index contributed by atoms with van der Waals surface area (Å²) in [6, 6.07) is 3.85. The van der Waals surface area contributed by atoms with E-state index < -0.39 is 12.6 Å². The fourth-order valence-electron chi connectivity index (χ4n) is 1.22. The molecule has 7 heteroatoms. The molecule has 1 aromatic heterocycles. The van der Waals surface area contributed by atoms with Gasteiger partial charge in [-0.2, -0.15) is 13.2 Å². The van der Waals surface area contributed by atoms with Crippen molar-refractivity contribution in [2.24, 2.45) is 4.99 Å². The third kappa shape index (κ3) is 6.48. The van der Waals surface area contributed by atoms with E-state index in [9.17, 15) is 13.2 Å². The van der Waals surface area contributed by atoms with Crippen LogP contribution in [0.5, 0.6) is 0 Å². The molecule has 0 saturated carbocycles. The Morgan fingerprint density at radius 1 is 1.39 bits per heavy atom. The maximum Gasteiger partial charge on any atom is 0.390 e. The van der Waals surface area contributed by atoms with Gasteiger partial charge in [0.15, 0.2) is 5.96 Å². The molecular weight excluding hydrogens is 263 g/mol. The molecular formula is C11H16F3N3S. The molecule has 102 valence electrons. The van der Waals surface area contributed by atoms with Crippen molar-refractivity contribution < 1.29 is 13.2 Å². The van der Waals surface area contributed by atoms with Crippen molar-refractivity contribution in [1.29, 1.82) is 0 Å². The molecule has 0 bridgehead atoms. The van der Waals surface area contributed by atoms with E-state index in [-0.39, 0.29) is 6.54 Å². The third-order valence-electron chi connectivity index (χ3n) is 2.02. The largest absolute Gasteiger partial charge is 0.390 e. The van der Waals surface area contributed by atoms with Crippen LogP contribution in [0.3, 0.4) is 0 Å². The number of rotatable bonds is 5. The first-order chi connectivity index (χ1) is 8.51. The van der Waals surface area contributed by atoms with Crippen molar-refractivity contribution in [1.82, 2.24) is 10.6 Å². The molecule has 0 radical (unpaired) electrons. The standard InChI is InChI=1S/C11H16F3N3S/c1-2-15-10(16-6-5-11(12,13)14)17-8-9-4-3-7-18-9/h3-4,7H,2,5-6,8H2,1H3,(H2,15,16,17). The van der Waals surface area contributed by atoms with E-state index in [1.807, 2.05) is 24.4 Å². The summed E-state index contributed by atoms with van der Waals surface area (Å²) >= 11 is 1.57. The minimum absolute atomic E-state index is 0.167. The zero-order valence-corrected chi connectivity index (χ0v) is 10.9. The van der Waals surface area contributed by atoms with Crippen molar-refractivity contribution in [3.63, 3.8) is 0 Å². The predicted octanol–water partition coefficient (Wildman–Crippen LogP) is 2.76. The summed E-state index contributed by atoms with van der Waals surface area (Å²) in [5, 5.41) is 7.51. The SMILES string of the molecule is CCNC(=NCc1cccs1)NCCC(F)(F)F. The normalized spacial score (nSPS) is 12.6. The molecule has 3 nitrogen and oxygen atoms in total. The second kappa shape index (κ2) is 7.25. The van der Waals surface area contributed by atoms with Gasteiger partial charge in [0.2, 0.25) is 0 Å². The van der Waals surface area contributed by atoms with Gasteiger partial charge < -0.3 is 10.6 Å². The fraction of sp³-hybridized carbons (Fsp3) is 0.545. The van der Waals surface area contributed by atoms with Crippen molar-refractivity contribution >= 4 is 17.3 Å². The summed E-state index contributed by atoms with van der Waals surface area (Å²) in [7, 11) is 0. The lowest BCUT2D eigenvalue weighted by atomic mass is 10.4. The first-order valence-electron chi connectivity index (χ1n) is 5.62. The lowest BCUT2D eigenvalue weighted by Gasteiger charge is -2.12. The summed E-state index contributed by atoms with van der Waals surface area (Å²) in [5.41, 5.74) is 0. The molecule has 1 heterocycles. The molecule has 1 aromatic rings. The molecule has 2 N–H and O–H groups in total. The third-order valence-corrected chi connectivity index (χ3v) is 2.88. The molecule has 0 fully saturated rings. The topological polar surface area (TPSA) is 36.4 Å². The quantitative estimate of drug-likeness (QED) is 0.642. The van der Waals surface area contributed by atoms with Crippen molar-refractivity contribution in [2.75, 3.05) is 13.1 Å². The van der Waals surface area contributed by atoms with Gasteiger partial charge in [-0.25, -0.2) is 4.99 Å². The van der Waals surface area contributed by atoms with E-state index >= 15 is 0 Å². The van der Waals surface area contributed by atoms with Gasteiger partial charge in [-0.3, -0.25) is 0 Å². The smallest absolute Gasteiger partial charge is 0.357 e. The highest BCUT2D eigenvalue weighted by Gasteiger charge is 2.26. The molecule has 0 aliphatic carbocycles. The lowest BCUT2D eigenvalue weighted by molar-refractivity contribution is -0.132. The number of aliphatic imine (C=N–C) groups is 1. The number of guanidine groups is 1. The highest BCUT2D eigenvalue weighted by molar-refractivity contribution is 7.09. The zero-order chi connectivity index (χ0) is 13.4. The maximum absolute atomic E-state index is 12.0. The van der Waals surface area contributed by atoms with E-state index in [0.717, 1.165) is 4.88 Å². The van der Waals surface area contributed by atoms with Crippen LogP contribution in [0.1, 0.15) is 18.2 Å². The first-order valence-corrected chi connectivity index (χ1v) is 6.50. The molecule has 0 atom stereocenters. The van der Waals surface area contributed by atoms with Gasteiger partial charge in [-0.1, -0.05) is 6.07 Å². The van der Waals surface area contributed by atoms with Crippen LogP contribution < -0.4 is 10.6 Å². The van der Waals surface area contributed by atoms with Crippen LogP contribution in [0.15, 0.2) is 22.5 Å². The minimum atomic E-state index is -4.14. The summed E-state index contributed by atoms with van der Waals surface area (Å²) in [4.78, 5) is 5.29. The van der Waals surface area contributed by atoms with Crippen molar-refractivity contribution in [3.05, 3.63) is 22.4 Å². The lowest BCUT2D eigenvalue weighted by Crippen LogP contribution is -2.38.